The molecule has 39 heavy (non-hydrogen) atoms. The van der Waals surface area contributed by atoms with Gasteiger partial charge in [0.15, 0.2) is 0 Å². The van der Waals surface area contributed by atoms with E-state index in [0.717, 1.165) is 0 Å². The van der Waals surface area contributed by atoms with Crippen LogP contribution in [-0.2, 0) is 42.7 Å². The first-order valence-corrected chi connectivity index (χ1v) is 13.3. The van der Waals surface area contributed by atoms with Crippen molar-refractivity contribution in [1.29, 1.82) is 0 Å². The van der Waals surface area contributed by atoms with Crippen LogP contribution in [0.1, 0.15) is 34.1 Å². The zero-order chi connectivity index (χ0) is 28.0. The second-order valence-corrected chi connectivity index (χ2v) is 8.15. The molecule has 220 valence electrons. The fourth-order valence-electron chi connectivity index (χ4n) is 3.41. The summed E-state index contributed by atoms with van der Waals surface area (Å²) in [4.78, 5) is 36.9. The van der Waals surface area contributed by atoms with E-state index >= 15 is 0 Å². The molecular formula is C27H41NO11. The number of ether oxygens (including phenoxy) is 8. The topological polar surface area (TPSA) is 128 Å². The largest absolute Gasteiger partial charge is 0.466 e. The van der Waals surface area contributed by atoms with Gasteiger partial charge < -0.3 is 37.9 Å². The summed E-state index contributed by atoms with van der Waals surface area (Å²) in [5.41, 5.74) is 0.880. The summed E-state index contributed by atoms with van der Waals surface area (Å²) in [6.07, 6.45) is 0.248. The minimum Gasteiger partial charge on any atom is -0.466 e. The molecule has 0 aliphatic carbocycles. The predicted octanol–water partition coefficient (Wildman–Crippen LogP) is 1.35. The monoisotopic (exact) mass is 555 g/mol. The van der Waals surface area contributed by atoms with Gasteiger partial charge in [-0.1, -0.05) is 12.1 Å². The summed E-state index contributed by atoms with van der Waals surface area (Å²) in [6.45, 7) is 8.22. The zero-order valence-electron chi connectivity index (χ0n) is 22.8. The molecule has 0 unspecified atom stereocenters. The Labute approximate surface area is 229 Å². The molecule has 1 aliphatic heterocycles. The molecule has 0 saturated heterocycles. The van der Waals surface area contributed by atoms with Crippen LogP contribution in [0.3, 0.4) is 0 Å². The van der Waals surface area contributed by atoms with E-state index in [2.05, 4.69) is 0 Å². The third-order valence-corrected chi connectivity index (χ3v) is 5.33. The minimum absolute atomic E-state index is 0.213. The van der Waals surface area contributed by atoms with Crippen LogP contribution < -0.4 is 0 Å². The Kier molecular flexibility index (Phi) is 18.0. The number of fused-ring (bicyclic) bond motifs is 1. The average Bonchev–Trinajstić information content (AvgIpc) is 3.18. The van der Waals surface area contributed by atoms with Crippen LogP contribution in [-0.4, -0.2) is 128 Å². The summed E-state index contributed by atoms with van der Waals surface area (Å²) in [6, 6.07) is 6.80. The number of esters is 1. The van der Waals surface area contributed by atoms with E-state index < -0.39 is 0 Å². The molecule has 0 atom stereocenters. The lowest BCUT2D eigenvalue weighted by Gasteiger charge is -2.13. The number of carbonyl (C=O) groups is 3. The smallest absolute Gasteiger partial charge is 0.308 e. The van der Waals surface area contributed by atoms with Crippen LogP contribution in [0.25, 0.3) is 0 Å². The molecule has 12 heteroatoms. The first kappa shape index (κ1) is 32.8. The van der Waals surface area contributed by atoms with Crippen LogP contribution >= 0.6 is 0 Å². The highest BCUT2D eigenvalue weighted by Crippen LogP contribution is 2.21. The fourth-order valence-corrected chi connectivity index (χ4v) is 3.41. The summed E-state index contributed by atoms with van der Waals surface area (Å²) in [5.74, 6) is -0.818. The van der Waals surface area contributed by atoms with E-state index in [4.69, 9.17) is 37.9 Å². The molecular weight excluding hydrogens is 514 g/mol. The number of imide groups is 1. The van der Waals surface area contributed by atoms with Crippen molar-refractivity contribution < 1.29 is 52.3 Å². The molecule has 2 amide bonds. The minimum atomic E-state index is -0.280. The van der Waals surface area contributed by atoms with Crippen molar-refractivity contribution >= 4 is 17.8 Å². The highest BCUT2D eigenvalue weighted by molar-refractivity contribution is 6.21. The molecule has 0 spiro atoms. The first-order chi connectivity index (χ1) is 19.1. The molecule has 0 radical (unpaired) electrons. The van der Waals surface area contributed by atoms with Gasteiger partial charge >= 0.3 is 5.97 Å². The van der Waals surface area contributed by atoms with Crippen LogP contribution in [0, 0.1) is 0 Å². The highest BCUT2D eigenvalue weighted by Gasteiger charge is 2.34. The van der Waals surface area contributed by atoms with Crippen molar-refractivity contribution in [3.05, 3.63) is 35.4 Å². The molecule has 0 bridgehead atoms. The van der Waals surface area contributed by atoms with Gasteiger partial charge in [0.25, 0.3) is 11.8 Å². The molecule has 1 aliphatic rings. The zero-order valence-corrected chi connectivity index (χ0v) is 22.8. The van der Waals surface area contributed by atoms with Crippen molar-refractivity contribution in [3.63, 3.8) is 0 Å². The van der Waals surface area contributed by atoms with Crippen LogP contribution in [0.4, 0.5) is 0 Å². The van der Waals surface area contributed by atoms with E-state index in [1.807, 2.05) is 0 Å². The van der Waals surface area contributed by atoms with Gasteiger partial charge in [-0.2, -0.15) is 0 Å². The van der Waals surface area contributed by atoms with Gasteiger partial charge in [0, 0.05) is 0 Å². The summed E-state index contributed by atoms with van der Waals surface area (Å²) >= 11 is 0. The summed E-state index contributed by atoms with van der Waals surface area (Å²) in [5, 5.41) is 0. The molecule has 0 saturated carbocycles. The number of hydrogen-bond acceptors (Lipinski definition) is 11. The number of hydrogen-bond donors (Lipinski definition) is 0. The Hall–Kier alpha value is -2.45. The Morgan fingerprint density at radius 2 is 0.949 bits per heavy atom. The summed E-state index contributed by atoms with van der Waals surface area (Å²) in [7, 11) is 0. The average molecular weight is 556 g/mol. The predicted molar refractivity (Wildman–Crippen MR) is 139 cm³/mol. The molecule has 0 fully saturated rings. The molecule has 12 nitrogen and oxygen atoms in total. The second kappa shape index (κ2) is 21.4. The Morgan fingerprint density at radius 3 is 1.33 bits per heavy atom. The normalized spacial score (nSPS) is 12.8. The van der Waals surface area contributed by atoms with Gasteiger partial charge in [-0.25, -0.2) is 0 Å². The van der Waals surface area contributed by atoms with Crippen molar-refractivity contribution in [1.82, 2.24) is 4.90 Å². The number of benzene rings is 1. The van der Waals surface area contributed by atoms with E-state index in [9.17, 15) is 14.4 Å². The van der Waals surface area contributed by atoms with Gasteiger partial charge in [-0.15, -0.1) is 0 Å². The fraction of sp³-hybridized carbons (Fsp3) is 0.667. The van der Waals surface area contributed by atoms with Crippen LogP contribution in [0.5, 0.6) is 0 Å². The number of nitrogens with zero attached hydrogens (tertiary/aromatic N) is 1. The maximum Gasteiger partial charge on any atom is 0.308 e. The lowest BCUT2D eigenvalue weighted by molar-refractivity contribution is -0.144. The molecule has 2 rings (SSSR count). The third-order valence-electron chi connectivity index (χ3n) is 5.33. The first-order valence-electron chi connectivity index (χ1n) is 13.3. The quantitative estimate of drug-likeness (QED) is 0.0985. The number of rotatable bonds is 25. The van der Waals surface area contributed by atoms with Crippen molar-refractivity contribution in [2.24, 2.45) is 0 Å². The summed E-state index contributed by atoms with van der Waals surface area (Å²) < 4.78 is 42.6. The van der Waals surface area contributed by atoms with E-state index in [0.29, 0.717) is 104 Å². The van der Waals surface area contributed by atoms with Crippen molar-refractivity contribution in [2.75, 3.05) is 106 Å². The van der Waals surface area contributed by atoms with Gasteiger partial charge in [-0.3, -0.25) is 19.3 Å². The number of carbonyl (C=O) groups excluding carboxylic acids is 3. The molecule has 1 aromatic carbocycles. The van der Waals surface area contributed by atoms with Crippen molar-refractivity contribution in [3.8, 4) is 0 Å². The molecule has 1 aromatic rings. The lowest BCUT2D eigenvalue weighted by atomic mass is 10.1. The van der Waals surface area contributed by atoms with E-state index in [-0.39, 0.29) is 37.4 Å². The van der Waals surface area contributed by atoms with Gasteiger partial charge in [-0.05, 0) is 19.1 Å². The Balaban J connectivity index is 1.24. The number of amides is 2. The van der Waals surface area contributed by atoms with E-state index in [1.54, 1.807) is 31.2 Å². The standard InChI is InChI=1S/C27H41NO11/c1-2-39-25(29)7-9-32-11-13-34-15-17-36-19-21-38-22-20-37-18-16-35-14-12-33-10-8-28-26(30)23-5-3-4-6-24(23)27(28)31/h3-6H,2,7-22H2,1H3. The molecule has 0 N–H and O–H groups in total. The van der Waals surface area contributed by atoms with Crippen LogP contribution in [0.15, 0.2) is 24.3 Å². The maximum atomic E-state index is 12.3. The third kappa shape index (κ3) is 14.0. The Bertz CT molecular complexity index is 801. The molecule has 1 heterocycles. The molecule has 0 aromatic heterocycles. The second-order valence-electron chi connectivity index (χ2n) is 8.15. The maximum absolute atomic E-state index is 12.3. The lowest BCUT2D eigenvalue weighted by Crippen LogP contribution is -2.33. The SMILES string of the molecule is CCOC(=O)CCOCCOCCOCCOCCOCCOCCOCCN1C(=O)c2ccccc2C1=O. The van der Waals surface area contributed by atoms with Crippen molar-refractivity contribution in [2.45, 2.75) is 13.3 Å². The van der Waals surface area contributed by atoms with Gasteiger partial charge in [0.05, 0.1) is 123 Å². The van der Waals surface area contributed by atoms with Gasteiger partial charge in [0.2, 0.25) is 0 Å². The van der Waals surface area contributed by atoms with Gasteiger partial charge in [0.1, 0.15) is 0 Å². The van der Waals surface area contributed by atoms with E-state index in [1.165, 1.54) is 4.90 Å². The van der Waals surface area contributed by atoms with Crippen LogP contribution in [0.2, 0.25) is 0 Å². The Morgan fingerprint density at radius 1 is 0.590 bits per heavy atom. The highest BCUT2D eigenvalue weighted by atomic mass is 16.6.